The van der Waals surface area contributed by atoms with Crippen molar-refractivity contribution in [3.63, 3.8) is 0 Å². The molecule has 60 heavy (non-hydrogen) atoms. The second kappa shape index (κ2) is 13.2. The van der Waals surface area contributed by atoms with E-state index in [0.717, 1.165) is 5.69 Å². The molecule has 0 radical (unpaired) electrons. The molecule has 0 N–H and O–H groups in total. The second-order valence-electron chi connectivity index (χ2n) is 16.9. The largest absolute Gasteiger partial charge is 0.309 e. The van der Waals surface area contributed by atoms with Gasteiger partial charge in [-0.1, -0.05) is 184 Å². The summed E-state index contributed by atoms with van der Waals surface area (Å²) < 4.78 is 5.05. The molecule has 0 amide bonds. The maximum Gasteiger partial charge on any atom is 0.181 e. The van der Waals surface area contributed by atoms with Crippen LogP contribution in [-0.2, 0) is 5.41 Å². The van der Waals surface area contributed by atoms with E-state index in [1.165, 1.54) is 92.3 Å². The fourth-order valence-corrected chi connectivity index (χ4v) is 15.8. The van der Waals surface area contributed by atoms with E-state index < -0.39 is 8.07 Å². The number of hydrogen-bond donors (Lipinski definition) is 0. The monoisotopic (exact) mass is 782 g/mol. The molecule has 2 heterocycles. The van der Waals surface area contributed by atoms with Crippen molar-refractivity contribution in [2.24, 2.45) is 0 Å². The first-order valence-corrected chi connectivity index (χ1v) is 23.0. The summed E-state index contributed by atoms with van der Waals surface area (Å²) in [4.78, 5) is 0. The van der Waals surface area contributed by atoms with Crippen molar-refractivity contribution >= 4 is 72.4 Å². The Balaban J connectivity index is 1.21. The van der Waals surface area contributed by atoms with Gasteiger partial charge in [0.05, 0.1) is 22.1 Å². The molecule has 0 atom stereocenters. The standard InChI is InChI=1S/C57H42N2Si/c1-57(2)50-32-15-12-28-44(50)48-38-54-49(37-51(48)57)46-30-14-16-33-52(46)58(54)40-22-18-27-43(36-40)60(41-23-8-4-9-24-41,42-25-10-5-11-26-42)55-35-19-31-47-45-29-13-17-34-53(45)59(56(47)55)39-20-6-3-7-21-39/h3-38H,1-2H3. The Labute approximate surface area is 351 Å². The van der Waals surface area contributed by atoms with Gasteiger partial charge in [0, 0.05) is 38.3 Å². The van der Waals surface area contributed by atoms with Gasteiger partial charge in [-0.2, -0.15) is 0 Å². The molecule has 0 aliphatic heterocycles. The number of fused-ring (bicyclic) bond motifs is 9. The van der Waals surface area contributed by atoms with E-state index in [1.807, 2.05) is 0 Å². The topological polar surface area (TPSA) is 9.86 Å². The summed E-state index contributed by atoms with van der Waals surface area (Å²) in [5.41, 5.74) is 12.7. The van der Waals surface area contributed by atoms with Crippen LogP contribution in [-0.4, -0.2) is 17.2 Å². The van der Waals surface area contributed by atoms with Gasteiger partial charge in [-0.3, -0.25) is 0 Å². The highest BCUT2D eigenvalue weighted by Crippen LogP contribution is 2.51. The molecule has 2 nitrogen and oxygen atoms in total. The zero-order valence-corrected chi connectivity index (χ0v) is 34.7. The zero-order valence-electron chi connectivity index (χ0n) is 33.7. The minimum absolute atomic E-state index is 0.0803. The third-order valence-electron chi connectivity index (χ3n) is 13.4. The second-order valence-corrected chi connectivity index (χ2v) is 20.6. The minimum Gasteiger partial charge on any atom is -0.309 e. The number of rotatable bonds is 6. The summed E-state index contributed by atoms with van der Waals surface area (Å²) in [5.74, 6) is 0. The molecule has 9 aromatic carbocycles. The van der Waals surface area contributed by atoms with Crippen molar-refractivity contribution in [2.75, 3.05) is 0 Å². The van der Waals surface area contributed by atoms with Crippen LogP contribution in [0.4, 0.5) is 0 Å². The first-order valence-electron chi connectivity index (χ1n) is 21.0. The van der Waals surface area contributed by atoms with E-state index in [9.17, 15) is 0 Å². The highest BCUT2D eigenvalue weighted by Gasteiger charge is 2.44. The van der Waals surface area contributed by atoms with Gasteiger partial charge in [0.2, 0.25) is 0 Å². The van der Waals surface area contributed by atoms with Crippen molar-refractivity contribution in [3.8, 4) is 22.5 Å². The van der Waals surface area contributed by atoms with E-state index >= 15 is 0 Å². The molecule has 3 heteroatoms. The molecule has 1 aliphatic rings. The molecule has 0 spiro atoms. The maximum atomic E-state index is 2.53. The van der Waals surface area contributed by atoms with Crippen molar-refractivity contribution < 1.29 is 0 Å². The molecule has 0 saturated carbocycles. The van der Waals surface area contributed by atoms with Crippen LogP contribution in [0.5, 0.6) is 0 Å². The van der Waals surface area contributed by atoms with Crippen LogP contribution in [0.1, 0.15) is 25.0 Å². The van der Waals surface area contributed by atoms with Gasteiger partial charge in [0.25, 0.3) is 0 Å². The summed E-state index contributed by atoms with van der Waals surface area (Å²) >= 11 is 0. The van der Waals surface area contributed by atoms with Crippen LogP contribution in [0.15, 0.2) is 218 Å². The number of para-hydroxylation sites is 4. The summed E-state index contributed by atoms with van der Waals surface area (Å²) in [6.07, 6.45) is 0. The van der Waals surface area contributed by atoms with Crippen molar-refractivity contribution in [1.29, 1.82) is 0 Å². The number of benzene rings is 9. The predicted octanol–water partition coefficient (Wildman–Crippen LogP) is 11.6. The zero-order chi connectivity index (χ0) is 40.0. The van der Waals surface area contributed by atoms with Gasteiger partial charge < -0.3 is 9.13 Å². The average molecular weight is 783 g/mol. The van der Waals surface area contributed by atoms with Gasteiger partial charge in [-0.05, 0) is 91.5 Å². The summed E-state index contributed by atoms with van der Waals surface area (Å²) in [6, 6.07) is 82.1. The highest BCUT2D eigenvalue weighted by molar-refractivity contribution is 7.20. The van der Waals surface area contributed by atoms with Gasteiger partial charge >= 0.3 is 0 Å². The van der Waals surface area contributed by atoms with Crippen LogP contribution in [0, 0.1) is 0 Å². The molecule has 2 aromatic heterocycles. The van der Waals surface area contributed by atoms with Crippen LogP contribution >= 0.6 is 0 Å². The fraction of sp³-hybridized carbons (Fsp3) is 0.0526. The Hall–Kier alpha value is -7.20. The van der Waals surface area contributed by atoms with E-state index in [4.69, 9.17) is 0 Å². The van der Waals surface area contributed by atoms with Crippen LogP contribution in [0.2, 0.25) is 0 Å². The molecular formula is C57H42N2Si. The molecule has 11 aromatic rings. The van der Waals surface area contributed by atoms with Gasteiger partial charge in [0.1, 0.15) is 0 Å². The third-order valence-corrected chi connectivity index (χ3v) is 18.2. The molecular weight excluding hydrogens is 741 g/mol. The van der Waals surface area contributed by atoms with Crippen molar-refractivity contribution in [2.45, 2.75) is 19.3 Å². The Kier molecular flexibility index (Phi) is 7.63. The first-order chi connectivity index (χ1) is 29.5. The molecule has 0 saturated heterocycles. The first kappa shape index (κ1) is 34.8. The Bertz CT molecular complexity index is 3410. The minimum atomic E-state index is -3.09. The molecule has 1 aliphatic carbocycles. The lowest BCUT2D eigenvalue weighted by molar-refractivity contribution is 0.661. The SMILES string of the molecule is CC1(C)c2ccccc2-c2cc3c(cc21)c1ccccc1n3-c1cccc([Si](c2ccccc2)(c2ccccc2)c2cccc3c4ccccc4n(-c4ccccc4)c23)c1. The number of hydrogen-bond acceptors (Lipinski definition) is 0. The normalized spacial score (nSPS) is 13.3. The Morgan fingerprint density at radius 3 is 1.60 bits per heavy atom. The Morgan fingerprint density at radius 2 is 0.883 bits per heavy atom. The molecule has 0 bridgehead atoms. The average Bonchev–Trinajstić information content (AvgIpc) is 3.90. The Morgan fingerprint density at radius 1 is 0.350 bits per heavy atom. The van der Waals surface area contributed by atoms with Gasteiger partial charge in [-0.15, -0.1) is 0 Å². The molecule has 0 unspecified atom stereocenters. The molecule has 12 rings (SSSR count). The van der Waals surface area contributed by atoms with Crippen LogP contribution < -0.4 is 20.7 Å². The van der Waals surface area contributed by atoms with E-state index in [-0.39, 0.29) is 5.41 Å². The van der Waals surface area contributed by atoms with Crippen molar-refractivity contribution in [1.82, 2.24) is 9.13 Å². The lowest BCUT2D eigenvalue weighted by Gasteiger charge is -2.35. The number of nitrogens with zero attached hydrogens (tertiary/aromatic N) is 2. The lowest BCUT2D eigenvalue weighted by atomic mass is 9.82. The fourth-order valence-electron chi connectivity index (χ4n) is 10.8. The molecule has 284 valence electrons. The summed E-state index contributed by atoms with van der Waals surface area (Å²) in [7, 11) is -3.09. The summed E-state index contributed by atoms with van der Waals surface area (Å²) in [5, 5.41) is 10.5. The molecule has 0 fully saturated rings. The highest BCUT2D eigenvalue weighted by atomic mass is 28.3. The van der Waals surface area contributed by atoms with Gasteiger partial charge in [-0.25, -0.2) is 0 Å². The van der Waals surface area contributed by atoms with Crippen LogP contribution in [0.3, 0.4) is 0 Å². The lowest BCUT2D eigenvalue weighted by Crippen LogP contribution is -2.75. The number of aromatic nitrogens is 2. The maximum absolute atomic E-state index is 3.09. The van der Waals surface area contributed by atoms with Crippen LogP contribution in [0.25, 0.3) is 66.1 Å². The quantitative estimate of drug-likeness (QED) is 0.117. The third kappa shape index (κ3) is 4.81. The predicted molar refractivity (Wildman–Crippen MR) is 256 cm³/mol. The van der Waals surface area contributed by atoms with E-state index in [1.54, 1.807) is 0 Å². The van der Waals surface area contributed by atoms with Gasteiger partial charge in [0.15, 0.2) is 8.07 Å². The summed E-state index contributed by atoms with van der Waals surface area (Å²) in [6.45, 7) is 4.75. The van der Waals surface area contributed by atoms with E-state index in [2.05, 4.69) is 241 Å². The van der Waals surface area contributed by atoms with Crippen molar-refractivity contribution in [3.05, 3.63) is 230 Å². The van der Waals surface area contributed by atoms with E-state index in [0.29, 0.717) is 0 Å². The smallest absolute Gasteiger partial charge is 0.181 e.